The third kappa shape index (κ3) is 5.99. The standard InChI is InChI=1S/C24H30ClN5O2/c25-21-7-3-6-20(15-21)24(32)27-16-23(31)30-10-4-5-19(18-30)17-28-11-13-29(14-12-28)22-8-1-2-9-26-22/h1-3,6-9,15,19H,4-5,10-14,16-18H2,(H,27,32). The summed E-state index contributed by atoms with van der Waals surface area (Å²) in [5.74, 6) is 1.21. The number of hydrogen-bond donors (Lipinski definition) is 1. The van der Waals surface area contributed by atoms with Gasteiger partial charge in [0.1, 0.15) is 5.82 Å². The average molecular weight is 456 g/mol. The molecule has 4 rings (SSSR count). The summed E-state index contributed by atoms with van der Waals surface area (Å²) in [7, 11) is 0. The van der Waals surface area contributed by atoms with Gasteiger partial charge in [0.2, 0.25) is 5.91 Å². The largest absolute Gasteiger partial charge is 0.354 e. The molecule has 0 saturated carbocycles. The van der Waals surface area contributed by atoms with Gasteiger partial charge in [-0.2, -0.15) is 0 Å². The predicted octanol–water partition coefficient (Wildman–Crippen LogP) is 2.53. The first kappa shape index (κ1) is 22.6. The molecule has 7 nitrogen and oxygen atoms in total. The molecule has 1 aromatic heterocycles. The van der Waals surface area contributed by atoms with Gasteiger partial charge in [0.05, 0.1) is 6.54 Å². The Bertz CT molecular complexity index is 918. The summed E-state index contributed by atoms with van der Waals surface area (Å²) in [6.45, 7) is 6.51. The van der Waals surface area contributed by atoms with Crippen LogP contribution in [0.25, 0.3) is 0 Å². The lowest BCUT2D eigenvalue weighted by atomic mass is 9.97. The number of likely N-dealkylation sites (tertiary alicyclic amines) is 1. The summed E-state index contributed by atoms with van der Waals surface area (Å²) in [4.78, 5) is 36.2. The number of nitrogens with zero attached hydrogens (tertiary/aromatic N) is 4. The Balaban J connectivity index is 1.21. The molecule has 2 aliphatic rings. The van der Waals surface area contributed by atoms with E-state index in [4.69, 9.17) is 11.6 Å². The van der Waals surface area contributed by atoms with Crippen LogP contribution >= 0.6 is 11.6 Å². The molecule has 2 aromatic rings. The summed E-state index contributed by atoms with van der Waals surface area (Å²) >= 11 is 5.94. The molecule has 2 saturated heterocycles. The zero-order valence-electron chi connectivity index (χ0n) is 18.3. The van der Waals surface area contributed by atoms with Crippen LogP contribution in [0.4, 0.5) is 5.82 Å². The number of amides is 2. The number of carbonyl (C=O) groups excluding carboxylic acids is 2. The number of carbonyl (C=O) groups is 2. The Labute approximate surface area is 194 Å². The van der Waals surface area contributed by atoms with Gasteiger partial charge in [-0.25, -0.2) is 4.98 Å². The van der Waals surface area contributed by atoms with Crippen LogP contribution in [0.1, 0.15) is 23.2 Å². The minimum atomic E-state index is -0.278. The Kier molecular flexibility index (Phi) is 7.60. The third-order valence-corrected chi connectivity index (χ3v) is 6.46. The lowest BCUT2D eigenvalue weighted by Gasteiger charge is -2.39. The van der Waals surface area contributed by atoms with Crippen LogP contribution in [0.5, 0.6) is 0 Å². The molecular formula is C24H30ClN5O2. The highest BCUT2D eigenvalue weighted by molar-refractivity contribution is 6.30. The molecule has 2 amide bonds. The third-order valence-electron chi connectivity index (χ3n) is 6.22. The zero-order valence-corrected chi connectivity index (χ0v) is 19.0. The molecule has 0 spiro atoms. The highest BCUT2D eigenvalue weighted by Gasteiger charge is 2.27. The van der Waals surface area contributed by atoms with Gasteiger partial charge >= 0.3 is 0 Å². The maximum absolute atomic E-state index is 12.7. The number of piperidine rings is 1. The molecule has 32 heavy (non-hydrogen) atoms. The number of halogens is 1. The highest BCUT2D eigenvalue weighted by Crippen LogP contribution is 2.20. The number of anilines is 1. The number of piperazine rings is 1. The summed E-state index contributed by atoms with van der Waals surface area (Å²) in [6, 6.07) is 12.8. The molecule has 0 radical (unpaired) electrons. The van der Waals surface area contributed by atoms with Crippen molar-refractivity contribution in [2.24, 2.45) is 5.92 Å². The highest BCUT2D eigenvalue weighted by atomic mass is 35.5. The maximum Gasteiger partial charge on any atom is 0.251 e. The van der Waals surface area contributed by atoms with E-state index < -0.39 is 0 Å². The van der Waals surface area contributed by atoms with Crippen molar-refractivity contribution in [3.8, 4) is 0 Å². The summed E-state index contributed by atoms with van der Waals surface area (Å²) < 4.78 is 0. The van der Waals surface area contributed by atoms with Crippen molar-refractivity contribution in [2.45, 2.75) is 12.8 Å². The van der Waals surface area contributed by atoms with Gasteiger partial charge < -0.3 is 15.1 Å². The normalized spacial score (nSPS) is 19.6. The molecule has 3 heterocycles. The maximum atomic E-state index is 12.7. The van der Waals surface area contributed by atoms with E-state index >= 15 is 0 Å². The number of pyridine rings is 1. The first-order valence-corrected chi connectivity index (χ1v) is 11.7. The second-order valence-corrected chi connectivity index (χ2v) is 8.95. The van der Waals surface area contributed by atoms with Crippen molar-refractivity contribution in [1.82, 2.24) is 20.1 Å². The minimum absolute atomic E-state index is 0.0147. The van der Waals surface area contributed by atoms with E-state index in [1.165, 1.54) is 0 Å². The molecule has 1 atom stereocenters. The van der Waals surface area contributed by atoms with E-state index in [1.807, 2.05) is 23.2 Å². The van der Waals surface area contributed by atoms with E-state index in [1.54, 1.807) is 24.3 Å². The van der Waals surface area contributed by atoms with Crippen LogP contribution in [0, 0.1) is 5.92 Å². The Morgan fingerprint density at radius 1 is 1.06 bits per heavy atom. The quantitative estimate of drug-likeness (QED) is 0.724. The van der Waals surface area contributed by atoms with Gasteiger partial charge in [0.15, 0.2) is 0 Å². The molecule has 2 aliphatic heterocycles. The second kappa shape index (κ2) is 10.8. The monoisotopic (exact) mass is 455 g/mol. The van der Waals surface area contributed by atoms with Gasteiger partial charge in [0, 0.05) is 62.6 Å². The van der Waals surface area contributed by atoms with Crippen LogP contribution in [0.15, 0.2) is 48.7 Å². The number of aromatic nitrogens is 1. The van der Waals surface area contributed by atoms with E-state index in [-0.39, 0.29) is 18.4 Å². The Morgan fingerprint density at radius 2 is 1.91 bits per heavy atom. The fourth-order valence-electron chi connectivity index (χ4n) is 4.51. The van der Waals surface area contributed by atoms with Gasteiger partial charge in [-0.05, 0) is 49.1 Å². The summed E-state index contributed by atoms with van der Waals surface area (Å²) in [5.41, 5.74) is 0.465. The molecule has 2 fully saturated rings. The number of rotatable bonds is 6. The second-order valence-electron chi connectivity index (χ2n) is 8.52. The van der Waals surface area contributed by atoms with Gasteiger partial charge in [-0.1, -0.05) is 23.7 Å². The van der Waals surface area contributed by atoms with Crippen molar-refractivity contribution < 1.29 is 9.59 Å². The molecule has 170 valence electrons. The van der Waals surface area contributed by atoms with E-state index in [9.17, 15) is 9.59 Å². The van der Waals surface area contributed by atoms with Crippen molar-refractivity contribution >= 4 is 29.2 Å². The molecule has 1 unspecified atom stereocenters. The van der Waals surface area contributed by atoms with Crippen LogP contribution in [-0.2, 0) is 4.79 Å². The van der Waals surface area contributed by atoms with E-state index in [0.717, 1.165) is 64.5 Å². The molecule has 0 bridgehead atoms. The Morgan fingerprint density at radius 3 is 2.66 bits per heavy atom. The molecule has 1 N–H and O–H groups in total. The predicted molar refractivity (Wildman–Crippen MR) is 126 cm³/mol. The molecular weight excluding hydrogens is 426 g/mol. The van der Waals surface area contributed by atoms with Crippen molar-refractivity contribution in [2.75, 3.05) is 57.3 Å². The smallest absolute Gasteiger partial charge is 0.251 e. The first-order chi connectivity index (χ1) is 15.6. The molecule has 1 aromatic carbocycles. The van der Waals surface area contributed by atoms with Crippen LogP contribution in [0.2, 0.25) is 5.02 Å². The minimum Gasteiger partial charge on any atom is -0.354 e. The van der Waals surface area contributed by atoms with E-state index in [0.29, 0.717) is 16.5 Å². The van der Waals surface area contributed by atoms with Gasteiger partial charge in [-0.15, -0.1) is 0 Å². The lowest BCUT2D eigenvalue weighted by molar-refractivity contribution is -0.132. The van der Waals surface area contributed by atoms with E-state index in [2.05, 4.69) is 26.2 Å². The van der Waals surface area contributed by atoms with Crippen molar-refractivity contribution in [1.29, 1.82) is 0 Å². The number of hydrogen-bond acceptors (Lipinski definition) is 5. The topological polar surface area (TPSA) is 68.8 Å². The van der Waals surface area contributed by atoms with Gasteiger partial charge in [-0.3, -0.25) is 14.5 Å². The first-order valence-electron chi connectivity index (χ1n) is 11.3. The van der Waals surface area contributed by atoms with Crippen LogP contribution < -0.4 is 10.2 Å². The summed E-state index contributed by atoms with van der Waals surface area (Å²) in [5, 5.41) is 3.23. The molecule has 8 heteroatoms. The fraction of sp³-hybridized carbons (Fsp3) is 0.458. The fourth-order valence-corrected chi connectivity index (χ4v) is 4.70. The van der Waals surface area contributed by atoms with Crippen molar-refractivity contribution in [3.63, 3.8) is 0 Å². The van der Waals surface area contributed by atoms with Crippen LogP contribution in [-0.4, -0.2) is 79.0 Å². The lowest BCUT2D eigenvalue weighted by Crippen LogP contribution is -2.51. The summed E-state index contributed by atoms with van der Waals surface area (Å²) in [6.07, 6.45) is 3.98. The Hall–Kier alpha value is -2.64. The average Bonchev–Trinajstić information content (AvgIpc) is 2.83. The zero-order chi connectivity index (χ0) is 22.3. The number of nitrogens with one attached hydrogen (secondary N) is 1. The van der Waals surface area contributed by atoms with Crippen molar-refractivity contribution in [3.05, 3.63) is 59.2 Å². The number of benzene rings is 1. The SMILES string of the molecule is O=C(NCC(=O)N1CCCC(CN2CCN(c3ccccn3)CC2)C1)c1cccc(Cl)c1. The molecule has 0 aliphatic carbocycles. The van der Waals surface area contributed by atoms with Crippen LogP contribution in [0.3, 0.4) is 0 Å². The van der Waals surface area contributed by atoms with Gasteiger partial charge in [0.25, 0.3) is 5.91 Å².